The third-order valence-electron chi connectivity index (χ3n) is 4.82. The highest BCUT2D eigenvalue weighted by atomic mass is 16.5. The van der Waals surface area contributed by atoms with E-state index in [9.17, 15) is 10.4 Å². The molecule has 2 heterocycles. The van der Waals surface area contributed by atoms with E-state index in [-0.39, 0.29) is 0 Å². The lowest BCUT2D eigenvalue weighted by molar-refractivity contribution is -0.0846. The second-order valence-corrected chi connectivity index (χ2v) is 6.94. The first-order chi connectivity index (χ1) is 11.9. The number of guanidine groups is 1. The van der Waals surface area contributed by atoms with Crippen molar-refractivity contribution in [2.45, 2.75) is 38.0 Å². The topological polar surface area (TPSA) is 95.9 Å². The van der Waals surface area contributed by atoms with Crippen molar-refractivity contribution in [2.75, 3.05) is 20.1 Å². The normalized spacial score (nSPS) is 26.4. The molecule has 0 aliphatic carbocycles. The van der Waals surface area contributed by atoms with Gasteiger partial charge >= 0.3 is 0 Å². The van der Waals surface area contributed by atoms with E-state index in [1.165, 1.54) is 0 Å². The largest absolute Gasteiger partial charge is 0.485 e. The SMILES string of the molecule is CN1CCCN(C2c3cc(C#N)ccc3OC(C)(C)C2O)/C1=N\C#N. The molecule has 0 radical (unpaired) electrons. The van der Waals surface area contributed by atoms with Crippen molar-refractivity contribution in [1.29, 1.82) is 10.5 Å². The zero-order valence-electron chi connectivity index (χ0n) is 14.6. The first-order valence-electron chi connectivity index (χ1n) is 8.24. The fourth-order valence-corrected chi connectivity index (χ4v) is 3.53. The van der Waals surface area contributed by atoms with Crippen LogP contribution in [0.2, 0.25) is 0 Å². The van der Waals surface area contributed by atoms with Crippen LogP contribution >= 0.6 is 0 Å². The molecular formula is C18H21N5O2. The molecule has 1 fully saturated rings. The Morgan fingerprint density at radius 3 is 2.76 bits per heavy atom. The highest BCUT2D eigenvalue weighted by Gasteiger charge is 2.47. The van der Waals surface area contributed by atoms with Crippen LogP contribution in [0.1, 0.15) is 37.4 Å². The van der Waals surface area contributed by atoms with Crippen LogP contribution in [-0.2, 0) is 0 Å². The molecule has 2 aliphatic rings. The first kappa shape index (κ1) is 17.1. The van der Waals surface area contributed by atoms with Gasteiger partial charge in [-0.3, -0.25) is 0 Å². The lowest BCUT2D eigenvalue weighted by Crippen LogP contribution is -2.58. The van der Waals surface area contributed by atoms with Gasteiger partial charge in [-0.15, -0.1) is 4.99 Å². The van der Waals surface area contributed by atoms with E-state index in [4.69, 9.17) is 10.00 Å². The van der Waals surface area contributed by atoms with Gasteiger partial charge in [0.05, 0.1) is 17.7 Å². The number of benzene rings is 1. The van der Waals surface area contributed by atoms with Crippen molar-refractivity contribution in [2.24, 2.45) is 4.99 Å². The van der Waals surface area contributed by atoms with Crippen LogP contribution < -0.4 is 4.74 Å². The number of fused-ring (bicyclic) bond motifs is 1. The molecule has 130 valence electrons. The summed E-state index contributed by atoms with van der Waals surface area (Å²) in [6.07, 6.45) is 1.90. The maximum Gasteiger partial charge on any atom is 0.212 e. The molecule has 2 atom stereocenters. The summed E-state index contributed by atoms with van der Waals surface area (Å²) in [6, 6.07) is 6.91. The number of ether oxygens (including phenoxy) is 1. The van der Waals surface area contributed by atoms with Crippen molar-refractivity contribution >= 4 is 5.96 Å². The molecular weight excluding hydrogens is 318 g/mol. The predicted molar refractivity (Wildman–Crippen MR) is 91.6 cm³/mol. The van der Waals surface area contributed by atoms with Crippen molar-refractivity contribution < 1.29 is 9.84 Å². The van der Waals surface area contributed by atoms with Gasteiger partial charge < -0.3 is 19.6 Å². The average molecular weight is 339 g/mol. The van der Waals surface area contributed by atoms with Crippen LogP contribution in [0.5, 0.6) is 5.75 Å². The number of aliphatic imine (C=N–C) groups is 1. The van der Waals surface area contributed by atoms with Crippen molar-refractivity contribution in [3.05, 3.63) is 29.3 Å². The van der Waals surface area contributed by atoms with Crippen LogP contribution in [0, 0.1) is 22.8 Å². The Bertz CT molecular complexity index is 790. The van der Waals surface area contributed by atoms with Crippen molar-refractivity contribution in [3.8, 4) is 18.0 Å². The molecule has 0 aromatic heterocycles. The summed E-state index contributed by atoms with van der Waals surface area (Å²) in [5.74, 6) is 1.17. The molecule has 7 heteroatoms. The number of nitrogens with zero attached hydrogens (tertiary/aromatic N) is 5. The van der Waals surface area contributed by atoms with Gasteiger partial charge in [0, 0.05) is 25.7 Å². The number of hydrogen-bond donors (Lipinski definition) is 1. The zero-order chi connectivity index (χ0) is 18.2. The van der Waals surface area contributed by atoms with Crippen LogP contribution in [0.4, 0.5) is 0 Å². The summed E-state index contributed by atoms with van der Waals surface area (Å²) in [4.78, 5) is 7.83. The first-order valence-corrected chi connectivity index (χ1v) is 8.24. The van der Waals surface area contributed by atoms with E-state index >= 15 is 0 Å². The van der Waals surface area contributed by atoms with Gasteiger partial charge in [0.2, 0.25) is 12.2 Å². The Hall–Kier alpha value is -2.77. The number of aliphatic hydroxyl groups is 1. The highest BCUT2D eigenvalue weighted by molar-refractivity contribution is 5.82. The molecule has 1 saturated heterocycles. The maximum atomic E-state index is 11.0. The molecule has 3 rings (SSSR count). The number of hydrogen-bond acceptors (Lipinski definition) is 5. The fourth-order valence-electron chi connectivity index (χ4n) is 3.53. The standard InChI is InChI=1S/C18H21N5O2/c1-18(2)16(24)15(13-9-12(10-19)5-6-14(13)25-18)23-8-4-7-22(3)17(23)21-11-20/h5-6,9,15-16,24H,4,7-8H2,1-3H3/b21-17-. The minimum Gasteiger partial charge on any atom is -0.485 e. The van der Waals surface area contributed by atoms with Crippen molar-refractivity contribution in [1.82, 2.24) is 9.80 Å². The molecule has 0 saturated carbocycles. The molecule has 2 aliphatic heterocycles. The minimum absolute atomic E-state index is 0.443. The molecule has 0 amide bonds. The Kier molecular flexibility index (Phi) is 4.28. The summed E-state index contributed by atoms with van der Waals surface area (Å²) in [7, 11) is 1.88. The molecule has 25 heavy (non-hydrogen) atoms. The fraction of sp³-hybridized carbons (Fsp3) is 0.500. The second kappa shape index (κ2) is 6.27. The maximum absolute atomic E-state index is 11.0. The summed E-state index contributed by atoms with van der Waals surface area (Å²) in [5, 5.41) is 29.3. The molecule has 0 spiro atoms. The van der Waals surface area contributed by atoms with Crippen LogP contribution in [-0.4, -0.2) is 52.7 Å². The zero-order valence-corrected chi connectivity index (χ0v) is 14.6. The van der Waals surface area contributed by atoms with Gasteiger partial charge in [-0.25, -0.2) is 0 Å². The van der Waals surface area contributed by atoms with Gasteiger partial charge in [-0.05, 0) is 38.5 Å². The molecule has 1 aromatic carbocycles. The van der Waals surface area contributed by atoms with E-state index in [0.29, 0.717) is 23.8 Å². The molecule has 1 N–H and O–H groups in total. The Morgan fingerprint density at radius 2 is 2.08 bits per heavy atom. The number of rotatable bonds is 1. The molecule has 1 aromatic rings. The monoisotopic (exact) mass is 339 g/mol. The Balaban J connectivity index is 2.15. The summed E-state index contributed by atoms with van der Waals surface area (Å²) < 4.78 is 5.97. The molecule has 0 bridgehead atoms. The van der Waals surface area contributed by atoms with Gasteiger partial charge in [0.1, 0.15) is 17.5 Å². The van der Waals surface area contributed by atoms with E-state index < -0.39 is 17.7 Å². The summed E-state index contributed by atoms with van der Waals surface area (Å²) >= 11 is 0. The van der Waals surface area contributed by atoms with Crippen LogP contribution in [0.15, 0.2) is 23.2 Å². The van der Waals surface area contributed by atoms with Gasteiger partial charge in [0.25, 0.3) is 0 Å². The number of nitriles is 2. The lowest BCUT2D eigenvalue weighted by Gasteiger charge is -2.49. The van der Waals surface area contributed by atoms with Gasteiger partial charge in [-0.1, -0.05) is 0 Å². The Labute approximate surface area is 147 Å². The quantitative estimate of drug-likeness (QED) is 0.781. The third kappa shape index (κ3) is 2.88. The van der Waals surface area contributed by atoms with E-state index in [2.05, 4.69) is 11.1 Å². The van der Waals surface area contributed by atoms with Crippen molar-refractivity contribution in [3.63, 3.8) is 0 Å². The van der Waals surface area contributed by atoms with Crippen LogP contribution in [0.3, 0.4) is 0 Å². The van der Waals surface area contributed by atoms with Crippen LogP contribution in [0.25, 0.3) is 0 Å². The van der Waals surface area contributed by atoms with E-state index in [1.807, 2.05) is 36.9 Å². The number of aliphatic hydroxyl groups excluding tert-OH is 1. The van der Waals surface area contributed by atoms with E-state index in [1.54, 1.807) is 18.2 Å². The van der Waals surface area contributed by atoms with Gasteiger partial charge in [0.15, 0.2) is 0 Å². The Morgan fingerprint density at radius 1 is 1.32 bits per heavy atom. The summed E-state index contributed by atoms with van der Waals surface area (Å²) in [5.41, 5.74) is 0.440. The highest BCUT2D eigenvalue weighted by Crippen LogP contribution is 2.44. The van der Waals surface area contributed by atoms with Gasteiger partial charge in [-0.2, -0.15) is 10.5 Å². The molecule has 7 nitrogen and oxygen atoms in total. The predicted octanol–water partition coefficient (Wildman–Crippen LogP) is 1.61. The average Bonchev–Trinajstić information content (AvgIpc) is 2.58. The third-order valence-corrected chi connectivity index (χ3v) is 4.82. The second-order valence-electron chi connectivity index (χ2n) is 6.94. The molecule has 2 unspecified atom stereocenters. The smallest absolute Gasteiger partial charge is 0.212 e. The summed E-state index contributed by atoms with van der Waals surface area (Å²) in [6.45, 7) is 5.13. The van der Waals surface area contributed by atoms with E-state index in [0.717, 1.165) is 18.5 Å². The lowest BCUT2D eigenvalue weighted by atomic mass is 9.84. The minimum atomic E-state index is -0.843.